The van der Waals surface area contributed by atoms with E-state index in [0.717, 1.165) is 30.4 Å². The average Bonchev–Trinajstić information content (AvgIpc) is 3.35. The first-order valence-corrected chi connectivity index (χ1v) is 12.3. The first kappa shape index (κ1) is 24.8. The molecule has 1 saturated heterocycles. The van der Waals surface area contributed by atoms with E-state index >= 15 is 0 Å². The van der Waals surface area contributed by atoms with Crippen molar-refractivity contribution in [3.63, 3.8) is 0 Å². The number of nitrogens with zero attached hydrogens (tertiary/aromatic N) is 2. The third kappa shape index (κ3) is 6.64. The molecule has 1 aromatic heterocycles. The van der Waals surface area contributed by atoms with Gasteiger partial charge in [0.05, 0.1) is 25.6 Å². The second-order valence-electron chi connectivity index (χ2n) is 7.82. The molecule has 0 bridgehead atoms. The van der Waals surface area contributed by atoms with E-state index in [0.29, 0.717) is 28.3 Å². The molecular formula is C24H24Cl4N2O3. The van der Waals surface area contributed by atoms with Crippen LogP contribution in [0.3, 0.4) is 0 Å². The summed E-state index contributed by atoms with van der Waals surface area (Å²) in [5.41, 5.74) is 1.18. The van der Waals surface area contributed by atoms with Crippen molar-refractivity contribution in [2.24, 2.45) is 0 Å². The van der Waals surface area contributed by atoms with E-state index in [2.05, 4.69) is 4.98 Å². The largest absolute Gasteiger partial charge is 0.374 e. The van der Waals surface area contributed by atoms with Crippen LogP contribution in [0.4, 0.5) is 0 Å². The fourth-order valence-electron chi connectivity index (χ4n) is 3.74. The number of ether oxygens (including phenoxy) is 3. The minimum Gasteiger partial charge on any atom is -0.374 e. The molecule has 0 saturated carbocycles. The summed E-state index contributed by atoms with van der Waals surface area (Å²) in [6.07, 6.45) is 6.80. The summed E-state index contributed by atoms with van der Waals surface area (Å²) in [6.45, 7) is 0.737. The molecule has 0 N–H and O–H groups in total. The van der Waals surface area contributed by atoms with Crippen molar-refractivity contribution in [2.75, 3.05) is 6.61 Å². The molecule has 0 aliphatic carbocycles. The fraction of sp³-hybridized carbons (Fsp3) is 0.375. The minimum absolute atomic E-state index is 0.0992. The Morgan fingerprint density at radius 2 is 1.82 bits per heavy atom. The van der Waals surface area contributed by atoms with Crippen LogP contribution in [0.1, 0.15) is 42.0 Å². The van der Waals surface area contributed by atoms with Crippen LogP contribution in [0, 0.1) is 0 Å². The molecule has 1 fully saturated rings. The summed E-state index contributed by atoms with van der Waals surface area (Å²) in [4.78, 5) is 4.10. The molecule has 4 atom stereocenters. The second-order valence-corrected chi connectivity index (χ2v) is 9.52. The van der Waals surface area contributed by atoms with Gasteiger partial charge in [-0.15, -0.1) is 0 Å². The summed E-state index contributed by atoms with van der Waals surface area (Å²) in [6, 6.07) is 12.9. The van der Waals surface area contributed by atoms with Crippen LogP contribution in [0.25, 0.3) is 0 Å². The highest BCUT2D eigenvalue weighted by molar-refractivity contribution is 6.35. The Morgan fingerprint density at radius 3 is 2.52 bits per heavy atom. The summed E-state index contributed by atoms with van der Waals surface area (Å²) in [5.74, 6) is 0. The van der Waals surface area contributed by atoms with Gasteiger partial charge in [0.1, 0.15) is 11.6 Å². The van der Waals surface area contributed by atoms with E-state index in [1.54, 1.807) is 29.2 Å². The maximum atomic E-state index is 6.78. The molecule has 2 heterocycles. The number of benzene rings is 2. The molecule has 0 radical (unpaired) electrons. The molecule has 1 aliphatic heterocycles. The van der Waals surface area contributed by atoms with Gasteiger partial charge in [-0.2, -0.15) is 0 Å². The van der Waals surface area contributed by atoms with Gasteiger partial charge >= 0.3 is 0 Å². The van der Waals surface area contributed by atoms with E-state index in [4.69, 9.17) is 60.6 Å². The van der Waals surface area contributed by atoms with Crippen molar-refractivity contribution < 1.29 is 14.2 Å². The standard InChI is InChI=1S/C24H24Cl4N2O3/c25-17-9-7-16(8-10-17)23(24(28)30-12-11-29-15-30)33-22-6-1-3-18(32-22)13-31-14-19-20(26)4-2-5-21(19)27/h2,4-5,7-12,15,18,22-24H,1,3,6,13-14H2. The van der Waals surface area contributed by atoms with Crippen LogP contribution in [-0.2, 0) is 20.8 Å². The summed E-state index contributed by atoms with van der Waals surface area (Å²) in [5, 5.41) is 1.83. The maximum Gasteiger partial charge on any atom is 0.159 e. The van der Waals surface area contributed by atoms with Gasteiger partial charge < -0.3 is 18.8 Å². The highest BCUT2D eigenvalue weighted by atomic mass is 35.5. The van der Waals surface area contributed by atoms with Gasteiger partial charge in [0, 0.05) is 33.0 Å². The van der Waals surface area contributed by atoms with Crippen LogP contribution in [0.15, 0.2) is 61.2 Å². The number of aromatic nitrogens is 2. The highest BCUT2D eigenvalue weighted by Gasteiger charge is 2.31. The Kier molecular flexibility index (Phi) is 8.94. The van der Waals surface area contributed by atoms with Gasteiger partial charge in [-0.1, -0.05) is 64.6 Å². The predicted molar refractivity (Wildman–Crippen MR) is 131 cm³/mol. The first-order valence-electron chi connectivity index (χ1n) is 10.7. The zero-order chi connectivity index (χ0) is 23.2. The molecule has 5 nitrogen and oxygen atoms in total. The van der Waals surface area contributed by atoms with Crippen LogP contribution in [0.2, 0.25) is 15.1 Å². The van der Waals surface area contributed by atoms with Crippen molar-refractivity contribution in [3.8, 4) is 0 Å². The van der Waals surface area contributed by atoms with Gasteiger partial charge in [0.2, 0.25) is 0 Å². The van der Waals surface area contributed by atoms with E-state index in [-0.39, 0.29) is 6.10 Å². The smallest absolute Gasteiger partial charge is 0.159 e. The van der Waals surface area contributed by atoms with Crippen molar-refractivity contribution in [1.82, 2.24) is 9.55 Å². The van der Waals surface area contributed by atoms with Gasteiger partial charge in [-0.3, -0.25) is 0 Å². The third-order valence-corrected chi connectivity index (χ3v) is 6.89. The zero-order valence-electron chi connectivity index (χ0n) is 17.7. The third-order valence-electron chi connectivity index (χ3n) is 5.48. The van der Waals surface area contributed by atoms with Crippen LogP contribution in [-0.4, -0.2) is 28.6 Å². The van der Waals surface area contributed by atoms with Crippen molar-refractivity contribution >= 4 is 46.4 Å². The lowest BCUT2D eigenvalue weighted by atomic mass is 10.1. The normalized spacial score (nSPS) is 20.5. The monoisotopic (exact) mass is 528 g/mol. The number of alkyl halides is 1. The van der Waals surface area contributed by atoms with Crippen LogP contribution < -0.4 is 0 Å². The quantitative estimate of drug-likeness (QED) is 0.270. The SMILES string of the molecule is Clc1ccc(C(OC2CCCC(COCc3c(Cl)cccc3Cl)O2)C(Cl)n2ccnc2)cc1. The van der Waals surface area contributed by atoms with E-state index in [1.165, 1.54) is 0 Å². The minimum atomic E-state index is -0.503. The van der Waals surface area contributed by atoms with Crippen molar-refractivity contribution in [3.05, 3.63) is 87.4 Å². The van der Waals surface area contributed by atoms with Crippen LogP contribution >= 0.6 is 46.4 Å². The Balaban J connectivity index is 1.38. The molecule has 0 amide bonds. The Morgan fingerprint density at radius 1 is 1.06 bits per heavy atom. The Bertz CT molecular complexity index is 997. The second kappa shape index (κ2) is 11.9. The van der Waals surface area contributed by atoms with E-state index in [1.807, 2.05) is 36.5 Å². The summed E-state index contributed by atoms with van der Waals surface area (Å²) >= 11 is 25.3. The van der Waals surface area contributed by atoms with Crippen LogP contribution in [0.5, 0.6) is 0 Å². The lowest BCUT2D eigenvalue weighted by molar-refractivity contribution is -0.228. The van der Waals surface area contributed by atoms with E-state index < -0.39 is 17.9 Å². The topological polar surface area (TPSA) is 45.5 Å². The average molecular weight is 530 g/mol. The molecule has 176 valence electrons. The van der Waals surface area contributed by atoms with Gasteiger partial charge in [0.25, 0.3) is 0 Å². The molecule has 0 spiro atoms. The van der Waals surface area contributed by atoms with E-state index in [9.17, 15) is 0 Å². The number of hydrogen-bond donors (Lipinski definition) is 0. The zero-order valence-corrected chi connectivity index (χ0v) is 20.8. The molecule has 2 aromatic carbocycles. The van der Waals surface area contributed by atoms with Gasteiger partial charge in [-0.25, -0.2) is 4.98 Å². The van der Waals surface area contributed by atoms with Gasteiger partial charge in [-0.05, 0) is 49.1 Å². The lowest BCUT2D eigenvalue weighted by Crippen LogP contribution is -2.34. The molecule has 4 unspecified atom stereocenters. The molecule has 4 rings (SSSR count). The van der Waals surface area contributed by atoms with Crippen molar-refractivity contribution in [2.45, 2.75) is 49.9 Å². The molecule has 1 aliphatic rings. The number of halogens is 4. The molecule has 3 aromatic rings. The predicted octanol–water partition coefficient (Wildman–Crippen LogP) is 7.45. The lowest BCUT2D eigenvalue weighted by Gasteiger charge is -2.34. The summed E-state index contributed by atoms with van der Waals surface area (Å²) < 4.78 is 20.3. The fourth-order valence-corrected chi connectivity index (χ4v) is 4.69. The molecule has 33 heavy (non-hydrogen) atoms. The van der Waals surface area contributed by atoms with Gasteiger partial charge in [0.15, 0.2) is 6.29 Å². The Hall–Kier alpha value is -1.31. The Labute approximate surface area is 213 Å². The highest BCUT2D eigenvalue weighted by Crippen LogP contribution is 2.37. The number of imidazole rings is 1. The number of rotatable bonds is 9. The number of hydrogen-bond acceptors (Lipinski definition) is 4. The molecular weight excluding hydrogens is 506 g/mol. The maximum absolute atomic E-state index is 6.78. The van der Waals surface area contributed by atoms with Crippen molar-refractivity contribution in [1.29, 1.82) is 0 Å². The first-order chi connectivity index (χ1) is 16.0. The molecule has 9 heteroatoms. The summed E-state index contributed by atoms with van der Waals surface area (Å²) in [7, 11) is 0.